The zero-order valence-corrected chi connectivity index (χ0v) is 14.8. The van der Waals surface area contributed by atoms with Crippen molar-refractivity contribution in [3.63, 3.8) is 0 Å². The molecule has 2 amide bonds. The molecule has 4 rings (SSSR count). The first-order valence-electron chi connectivity index (χ1n) is 9.07. The van der Waals surface area contributed by atoms with Crippen molar-refractivity contribution in [2.24, 2.45) is 5.92 Å². The van der Waals surface area contributed by atoms with Gasteiger partial charge in [0, 0.05) is 13.2 Å². The Kier molecular flexibility index (Phi) is 4.94. The first-order chi connectivity index (χ1) is 13.1. The molecule has 2 aromatic rings. The maximum atomic E-state index is 13.4. The van der Waals surface area contributed by atoms with Crippen LogP contribution < -0.4 is 5.32 Å². The Morgan fingerprint density at radius 2 is 2.15 bits per heavy atom. The molecule has 1 aromatic heterocycles. The number of fused-ring (bicyclic) bond motifs is 1. The molecule has 1 aromatic carbocycles. The predicted octanol–water partition coefficient (Wildman–Crippen LogP) is 1.89. The van der Waals surface area contributed by atoms with Gasteiger partial charge in [-0.05, 0) is 36.2 Å². The zero-order chi connectivity index (χ0) is 18.8. The van der Waals surface area contributed by atoms with Gasteiger partial charge in [0.1, 0.15) is 11.6 Å². The van der Waals surface area contributed by atoms with Crippen LogP contribution in [-0.4, -0.2) is 42.0 Å². The molecule has 0 saturated carbocycles. The van der Waals surface area contributed by atoms with E-state index in [1.165, 1.54) is 12.1 Å². The number of nitrogens with zero attached hydrogens (tertiary/aromatic N) is 1. The molecule has 2 fully saturated rings. The number of rotatable bonds is 5. The molecule has 2 aliphatic heterocycles. The second kappa shape index (κ2) is 7.52. The molecule has 0 spiro atoms. The molecule has 2 aliphatic rings. The normalized spacial score (nSPS) is 24.0. The molecule has 7 heteroatoms. The van der Waals surface area contributed by atoms with Crippen molar-refractivity contribution in [3.05, 3.63) is 59.8 Å². The van der Waals surface area contributed by atoms with Crippen LogP contribution in [0.25, 0.3) is 0 Å². The summed E-state index contributed by atoms with van der Waals surface area (Å²) in [6, 6.07) is 9.49. The number of amides is 2. The minimum Gasteiger partial charge on any atom is -0.467 e. The molecule has 0 aliphatic carbocycles. The smallest absolute Gasteiger partial charge is 0.227 e. The Hall–Kier alpha value is -2.67. The number of hydrogen-bond acceptors (Lipinski definition) is 4. The maximum Gasteiger partial charge on any atom is 0.227 e. The van der Waals surface area contributed by atoms with Gasteiger partial charge < -0.3 is 19.4 Å². The monoisotopic (exact) mass is 372 g/mol. The van der Waals surface area contributed by atoms with E-state index in [1.54, 1.807) is 35.4 Å². The fraction of sp³-hybridized carbons (Fsp3) is 0.400. The van der Waals surface area contributed by atoms with E-state index in [1.807, 2.05) is 0 Å². The van der Waals surface area contributed by atoms with Crippen molar-refractivity contribution >= 4 is 11.8 Å². The lowest BCUT2D eigenvalue weighted by molar-refractivity contribution is -0.131. The summed E-state index contributed by atoms with van der Waals surface area (Å²) in [4.78, 5) is 27.1. The van der Waals surface area contributed by atoms with Crippen molar-refractivity contribution in [3.8, 4) is 0 Å². The number of ether oxygens (including phenoxy) is 1. The zero-order valence-electron chi connectivity index (χ0n) is 14.8. The average Bonchev–Trinajstić information content (AvgIpc) is 3.37. The van der Waals surface area contributed by atoms with Gasteiger partial charge in [0.15, 0.2) is 0 Å². The summed E-state index contributed by atoms with van der Waals surface area (Å²) in [5.41, 5.74) is 0.626. The third kappa shape index (κ3) is 3.73. The molecule has 1 N–H and O–H groups in total. The molecule has 0 unspecified atom stereocenters. The van der Waals surface area contributed by atoms with E-state index in [0.717, 1.165) is 0 Å². The van der Waals surface area contributed by atoms with E-state index in [0.29, 0.717) is 37.4 Å². The number of carbonyl (C=O) groups excluding carboxylic acids is 2. The highest BCUT2D eigenvalue weighted by molar-refractivity contribution is 5.84. The van der Waals surface area contributed by atoms with Crippen LogP contribution in [0.3, 0.4) is 0 Å². The van der Waals surface area contributed by atoms with Gasteiger partial charge in [-0.3, -0.25) is 9.59 Å². The second-order valence-corrected chi connectivity index (χ2v) is 6.95. The van der Waals surface area contributed by atoms with Crippen LogP contribution in [0.1, 0.15) is 17.7 Å². The van der Waals surface area contributed by atoms with Crippen LogP contribution in [0.4, 0.5) is 4.39 Å². The standard InChI is InChI=1S/C20H21FN2O4/c21-14-4-1-3-13(9-14)10-18(24)23-12-16(19-17(23)6-8-27-19)20(25)22-11-15-5-2-7-26-15/h1-5,7,9,16-17,19H,6,8,10-12H2,(H,22,25)/t16-,17-,19-/m1/s1. The number of carbonyl (C=O) groups is 2. The topological polar surface area (TPSA) is 71.8 Å². The summed E-state index contributed by atoms with van der Waals surface area (Å²) in [7, 11) is 0. The minimum atomic E-state index is -0.413. The highest BCUT2D eigenvalue weighted by Gasteiger charge is 2.50. The summed E-state index contributed by atoms with van der Waals surface area (Å²) in [6.07, 6.45) is 2.08. The van der Waals surface area contributed by atoms with E-state index < -0.39 is 5.92 Å². The highest BCUT2D eigenvalue weighted by atomic mass is 19.1. The van der Waals surface area contributed by atoms with Crippen molar-refractivity contribution in [2.75, 3.05) is 13.2 Å². The van der Waals surface area contributed by atoms with E-state index in [-0.39, 0.29) is 36.2 Å². The van der Waals surface area contributed by atoms with Gasteiger partial charge in [-0.1, -0.05) is 12.1 Å². The minimum absolute atomic E-state index is 0.106. The van der Waals surface area contributed by atoms with Crippen molar-refractivity contribution in [1.29, 1.82) is 0 Å². The van der Waals surface area contributed by atoms with E-state index in [2.05, 4.69) is 5.32 Å². The highest BCUT2D eigenvalue weighted by Crippen LogP contribution is 2.34. The SMILES string of the molecule is O=C(NCc1ccco1)[C@@H]1CN(C(=O)Cc2cccc(F)c2)[C@@H]2CCO[C@@H]21. The first kappa shape index (κ1) is 17.7. The summed E-state index contributed by atoms with van der Waals surface area (Å²) in [5.74, 6) is -0.362. The Balaban J connectivity index is 1.42. The van der Waals surface area contributed by atoms with Gasteiger partial charge in [-0.2, -0.15) is 0 Å². The summed E-state index contributed by atoms with van der Waals surface area (Å²) < 4.78 is 24.4. The lowest BCUT2D eigenvalue weighted by atomic mass is 10.0. The van der Waals surface area contributed by atoms with Crippen LogP contribution in [0.15, 0.2) is 47.1 Å². The van der Waals surface area contributed by atoms with Gasteiger partial charge in [0.2, 0.25) is 11.8 Å². The number of benzene rings is 1. The van der Waals surface area contributed by atoms with E-state index in [4.69, 9.17) is 9.15 Å². The van der Waals surface area contributed by atoms with Crippen LogP contribution in [0, 0.1) is 11.7 Å². The number of nitrogens with one attached hydrogen (secondary N) is 1. The fourth-order valence-electron chi connectivity index (χ4n) is 3.93. The largest absolute Gasteiger partial charge is 0.467 e. The molecular formula is C20H21FN2O4. The fourth-order valence-corrected chi connectivity index (χ4v) is 3.93. The lowest BCUT2D eigenvalue weighted by Crippen LogP contribution is -2.38. The quantitative estimate of drug-likeness (QED) is 0.870. The van der Waals surface area contributed by atoms with Gasteiger partial charge in [-0.25, -0.2) is 4.39 Å². The van der Waals surface area contributed by atoms with Crippen LogP contribution in [0.5, 0.6) is 0 Å². The Bertz CT molecular complexity index is 823. The Morgan fingerprint density at radius 1 is 1.26 bits per heavy atom. The van der Waals surface area contributed by atoms with Crippen molar-refractivity contribution < 1.29 is 23.1 Å². The molecule has 142 valence electrons. The molecular weight excluding hydrogens is 351 g/mol. The van der Waals surface area contributed by atoms with Crippen LogP contribution >= 0.6 is 0 Å². The lowest BCUT2D eigenvalue weighted by Gasteiger charge is -2.22. The molecule has 3 atom stereocenters. The molecule has 2 saturated heterocycles. The number of likely N-dealkylation sites (tertiary alicyclic amines) is 1. The first-order valence-corrected chi connectivity index (χ1v) is 9.07. The predicted molar refractivity (Wildman–Crippen MR) is 94.0 cm³/mol. The maximum absolute atomic E-state index is 13.4. The van der Waals surface area contributed by atoms with E-state index >= 15 is 0 Å². The van der Waals surface area contributed by atoms with Crippen molar-refractivity contribution in [2.45, 2.75) is 31.5 Å². The third-order valence-corrected chi connectivity index (χ3v) is 5.21. The molecule has 27 heavy (non-hydrogen) atoms. The van der Waals surface area contributed by atoms with Gasteiger partial charge in [0.25, 0.3) is 0 Å². The van der Waals surface area contributed by atoms with Crippen LogP contribution in [-0.2, 0) is 27.3 Å². The number of hydrogen-bond donors (Lipinski definition) is 1. The average molecular weight is 372 g/mol. The summed E-state index contributed by atoms with van der Waals surface area (Å²) in [6.45, 7) is 1.14. The molecule has 0 radical (unpaired) electrons. The summed E-state index contributed by atoms with van der Waals surface area (Å²) >= 11 is 0. The number of halogens is 1. The molecule has 3 heterocycles. The van der Waals surface area contributed by atoms with Gasteiger partial charge >= 0.3 is 0 Å². The molecule has 6 nitrogen and oxygen atoms in total. The van der Waals surface area contributed by atoms with Gasteiger partial charge in [0.05, 0.1) is 37.3 Å². The number of furan rings is 1. The van der Waals surface area contributed by atoms with Crippen molar-refractivity contribution in [1.82, 2.24) is 10.2 Å². The second-order valence-electron chi connectivity index (χ2n) is 6.95. The van der Waals surface area contributed by atoms with Gasteiger partial charge in [-0.15, -0.1) is 0 Å². The summed E-state index contributed by atoms with van der Waals surface area (Å²) in [5, 5.41) is 2.86. The Labute approximate surface area is 156 Å². The van der Waals surface area contributed by atoms with Crippen LogP contribution in [0.2, 0.25) is 0 Å². The van der Waals surface area contributed by atoms with E-state index in [9.17, 15) is 14.0 Å². The molecule has 0 bridgehead atoms. The third-order valence-electron chi connectivity index (χ3n) is 5.21. The Morgan fingerprint density at radius 3 is 2.93 bits per heavy atom.